The second-order valence-electron chi connectivity index (χ2n) is 8.17. The number of carbonyl (C=O) groups is 1. The first-order valence-electron chi connectivity index (χ1n) is 10.7. The van der Waals surface area contributed by atoms with Crippen molar-refractivity contribution < 1.29 is 14.3 Å². The number of benzene rings is 1. The highest BCUT2D eigenvalue weighted by Crippen LogP contribution is 2.35. The van der Waals surface area contributed by atoms with Crippen molar-refractivity contribution in [3.05, 3.63) is 53.9 Å². The number of pyridine rings is 1. The van der Waals surface area contributed by atoms with Gasteiger partial charge < -0.3 is 25.0 Å². The van der Waals surface area contributed by atoms with Crippen molar-refractivity contribution in [3.8, 4) is 11.5 Å². The summed E-state index contributed by atoms with van der Waals surface area (Å²) in [5.41, 5.74) is 1.70. The van der Waals surface area contributed by atoms with Gasteiger partial charge >= 0.3 is 0 Å². The standard InChI is InChI=1S/C23H28N4O3S/c1-15(2)25-23(31)27-11-8-16(9-12-27)22(28)26-21(18-5-3-4-10-24-18)17-6-7-19-20(13-17)30-14-29-19/h3-7,10,13,15-16,21H,8-9,11-12,14H2,1-2H3,(H,25,31)(H,26,28). The average Bonchev–Trinajstić information content (AvgIpc) is 3.25. The highest BCUT2D eigenvalue weighted by molar-refractivity contribution is 7.80. The summed E-state index contributed by atoms with van der Waals surface area (Å²) in [7, 11) is 0. The summed E-state index contributed by atoms with van der Waals surface area (Å²) in [6.07, 6.45) is 3.27. The van der Waals surface area contributed by atoms with Crippen LogP contribution in [0.3, 0.4) is 0 Å². The third-order valence-corrected chi connectivity index (χ3v) is 5.94. The first kappa shape index (κ1) is 21.4. The highest BCUT2D eigenvalue weighted by Gasteiger charge is 2.29. The van der Waals surface area contributed by atoms with Gasteiger partial charge in [0, 0.05) is 31.2 Å². The topological polar surface area (TPSA) is 75.7 Å². The van der Waals surface area contributed by atoms with Crippen molar-refractivity contribution in [2.24, 2.45) is 5.92 Å². The second-order valence-corrected chi connectivity index (χ2v) is 8.56. The molecule has 2 aliphatic heterocycles. The largest absolute Gasteiger partial charge is 0.454 e. The molecule has 7 nitrogen and oxygen atoms in total. The summed E-state index contributed by atoms with van der Waals surface area (Å²) in [6, 6.07) is 11.4. The number of rotatable bonds is 5. The van der Waals surface area contributed by atoms with Crippen LogP contribution in [0, 0.1) is 5.92 Å². The third-order valence-electron chi connectivity index (χ3n) is 5.57. The minimum absolute atomic E-state index is 0.0377. The molecular formula is C23H28N4O3S. The van der Waals surface area contributed by atoms with Gasteiger partial charge in [-0.1, -0.05) is 12.1 Å². The minimum atomic E-state index is -0.357. The number of amides is 1. The molecule has 0 aliphatic carbocycles. The van der Waals surface area contributed by atoms with E-state index in [0.717, 1.165) is 42.3 Å². The molecule has 0 bridgehead atoms. The van der Waals surface area contributed by atoms with Crippen LogP contribution in [0.15, 0.2) is 42.6 Å². The number of hydrogen-bond acceptors (Lipinski definition) is 5. The molecule has 2 aromatic rings. The molecule has 3 heterocycles. The monoisotopic (exact) mass is 440 g/mol. The van der Waals surface area contributed by atoms with Crippen molar-refractivity contribution in [1.29, 1.82) is 0 Å². The van der Waals surface area contributed by atoms with Crippen LogP contribution < -0.4 is 20.1 Å². The zero-order chi connectivity index (χ0) is 21.8. The van der Waals surface area contributed by atoms with Crippen LogP contribution in [0.5, 0.6) is 11.5 Å². The molecule has 1 saturated heterocycles. The molecule has 2 aliphatic rings. The lowest BCUT2D eigenvalue weighted by Crippen LogP contribution is -2.48. The molecule has 1 fully saturated rings. The van der Waals surface area contributed by atoms with Crippen molar-refractivity contribution in [3.63, 3.8) is 0 Å². The molecule has 1 unspecified atom stereocenters. The normalized spacial score (nSPS) is 16.8. The van der Waals surface area contributed by atoms with E-state index < -0.39 is 0 Å². The molecule has 2 N–H and O–H groups in total. The fourth-order valence-electron chi connectivity index (χ4n) is 3.91. The molecule has 4 rings (SSSR count). The quantitative estimate of drug-likeness (QED) is 0.692. The van der Waals surface area contributed by atoms with Crippen molar-refractivity contribution in [1.82, 2.24) is 20.5 Å². The molecule has 1 amide bonds. The maximum Gasteiger partial charge on any atom is 0.231 e. The van der Waals surface area contributed by atoms with Gasteiger partial charge in [0.15, 0.2) is 16.6 Å². The fourth-order valence-corrected chi connectivity index (χ4v) is 4.33. The average molecular weight is 441 g/mol. The van der Waals surface area contributed by atoms with E-state index in [0.29, 0.717) is 17.5 Å². The summed E-state index contributed by atoms with van der Waals surface area (Å²) >= 11 is 5.48. The van der Waals surface area contributed by atoms with Gasteiger partial charge in [-0.25, -0.2) is 0 Å². The smallest absolute Gasteiger partial charge is 0.231 e. The number of nitrogens with zero attached hydrogens (tertiary/aromatic N) is 2. The van der Waals surface area contributed by atoms with E-state index >= 15 is 0 Å². The van der Waals surface area contributed by atoms with Gasteiger partial charge in [0.25, 0.3) is 0 Å². The van der Waals surface area contributed by atoms with Crippen LogP contribution in [-0.4, -0.2) is 46.8 Å². The summed E-state index contributed by atoms with van der Waals surface area (Å²) < 4.78 is 11.0. The summed E-state index contributed by atoms with van der Waals surface area (Å²) in [6.45, 7) is 5.90. The molecule has 1 atom stereocenters. The second kappa shape index (κ2) is 9.51. The third kappa shape index (κ3) is 5.07. The molecule has 31 heavy (non-hydrogen) atoms. The van der Waals surface area contributed by atoms with E-state index in [1.54, 1.807) is 6.20 Å². The first-order chi connectivity index (χ1) is 15.0. The van der Waals surface area contributed by atoms with Gasteiger partial charge in [-0.2, -0.15) is 0 Å². The van der Waals surface area contributed by atoms with Crippen LogP contribution >= 0.6 is 12.2 Å². The van der Waals surface area contributed by atoms with E-state index in [1.807, 2.05) is 36.4 Å². The van der Waals surface area contributed by atoms with Gasteiger partial charge in [-0.3, -0.25) is 9.78 Å². The van der Waals surface area contributed by atoms with Crippen molar-refractivity contribution >= 4 is 23.2 Å². The van der Waals surface area contributed by atoms with Crippen LogP contribution in [0.2, 0.25) is 0 Å². The number of likely N-dealkylation sites (tertiary alicyclic amines) is 1. The van der Waals surface area contributed by atoms with Gasteiger partial charge in [0.05, 0.1) is 11.7 Å². The van der Waals surface area contributed by atoms with E-state index in [9.17, 15) is 4.79 Å². The van der Waals surface area contributed by atoms with E-state index in [-0.39, 0.29) is 24.7 Å². The van der Waals surface area contributed by atoms with E-state index in [2.05, 4.69) is 34.4 Å². The number of ether oxygens (including phenoxy) is 2. The Kier molecular flexibility index (Phi) is 6.56. The summed E-state index contributed by atoms with van der Waals surface area (Å²) in [4.78, 5) is 19.8. The predicted octanol–water partition coefficient (Wildman–Crippen LogP) is 3.01. The molecule has 164 valence electrons. The maximum atomic E-state index is 13.2. The van der Waals surface area contributed by atoms with E-state index in [1.165, 1.54) is 0 Å². The Labute approximate surface area is 188 Å². The number of carbonyl (C=O) groups excluding carboxylic acids is 1. The van der Waals surface area contributed by atoms with E-state index in [4.69, 9.17) is 21.7 Å². The van der Waals surface area contributed by atoms with Gasteiger partial charge in [0.2, 0.25) is 12.7 Å². The number of fused-ring (bicyclic) bond motifs is 1. The maximum absolute atomic E-state index is 13.2. The Morgan fingerprint density at radius 1 is 1.13 bits per heavy atom. The number of aromatic nitrogens is 1. The Hall–Kier alpha value is -2.87. The first-order valence-corrected chi connectivity index (χ1v) is 11.1. The van der Waals surface area contributed by atoms with Gasteiger partial charge in [-0.15, -0.1) is 0 Å². The lowest BCUT2D eigenvalue weighted by molar-refractivity contribution is -0.126. The van der Waals surface area contributed by atoms with Gasteiger partial charge in [0.1, 0.15) is 0 Å². The Bertz CT molecular complexity index is 930. The van der Waals surface area contributed by atoms with Crippen LogP contribution in [-0.2, 0) is 4.79 Å². The molecule has 0 spiro atoms. The lowest BCUT2D eigenvalue weighted by atomic mass is 9.94. The Balaban J connectivity index is 1.45. The highest BCUT2D eigenvalue weighted by atomic mass is 32.1. The lowest BCUT2D eigenvalue weighted by Gasteiger charge is -2.34. The number of thiocarbonyl (C=S) groups is 1. The van der Waals surface area contributed by atoms with Gasteiger partial charge in [-0.05, 0) is 68.7 Å². The molecule has 1 aromatic carbocycles. The Morgan fingerprint density at radius 3 is 2.61 bits per heavy atom. The van der Waals surface area contributed by atoms with Crippen LogP contribution in [0.4, 0.5) is 0 Å². The summed E-state index contributed by atoms with van der Waals surface area (Å²) in [5, 5.41) is 7.27. The molecule has 1 aromatic heterocycles. The van der Waals surface area contributed by atoms with Crippen molar-refractivity contribution in [2.75, 3.05) is 19.9 Å². The zero-order valence-corrected chi connectivity index (χ0v) is 18.7. The molecule has 0 saturated carbocycles. The Morgan fingerprint density at radius 2 is 1.90 bits per heavy atom. The van der Waals surface area contributed by atoms with Crippen LogP contribution in [0.25, 0.3) is 0 Å². The molecular weight excluding hydrogens is 412 g/mol. The summed E-state index contributed by atoms with van der Waals surface area (Å²) in [5.74, 6) is 1.38. The zero-order valence-electron chi connectivity index (χ0n) is 17.8. The number of hydrogen-bond donors (Lipinski definition) is 2. The van der Waals surface area contributed by atoms with Crippen LogP contribution in [0.1, 0.15) is 44.0 Å². The number of piperidine rings is 1. The fraction of sp³-hybridized carbons (Fsp3) is 0.435. The predicted molar refractivity (Wildman–Crippen MR) is 122 cm³/mol. The number of nitrogens with one attached hydrogen (secondary N) is 2. The molecule has 0 radical (unpaired) electrons. The van der Waals surface area contributed by atoms with Crippen molar-refractivity contribution in [2.45, 2.75) is 38.8 Å². The SMILES string of the molecule is CC(C)NC(=S)N1CCC(C(=O)NC(c2ccc3c(c2)OCO3)c2ccccn2)CC1. The molecule has 8 heteroatoms. The minimum Gasteiger partial charge on any atom is -0.454 e.